The van der Waals surface area contributed by atoms with Crippen molar-refractivity contribution >= 4 is 6.03 Å². The fourth-order valence-electron chi connectivity index (χ4n) is 2.59. The first-order valence-electron chi connectivity index (χ1n) is 8.30. The zero-order valence-electron chi connectivity index (χ0n) is 14.9. The quantitative estimate of drug-likeness (QED) is 0.876. The second kappa shape index (κ2) is 7.68. The maximum atomic E-state index is 12.1. The van der Waals surface area contributed by atoms with E-state index in [1.54, 1.807) is 4.90 Å². The number of amides is 2. The lowest BCUT2D eigenvalue weighted by molar-refractivity contribution is 0.0435. The lowest BCUT2D eigenvalue weighted by Gasteiger charge is -2.39. The topological polar surface area (TPSA) is 44.8 Å². The third-order valence-corrected chi connectivity index (χ3v) is 4.55. The summed E-state index contributed by atoms with van der Waals surface area (Å²) in [5, 5.41) is 2.98. The Labute approximate surface area is 139 Å². The molecular formula is C18H29N3O2. The van der Waals surface area contributed by atoms with E-state index in [0.29, 0.717) is 25.7 Å². The van der Waals surface area contributed by atoms with E-state index in [2.05, 4.69) is 57.2 Å². The summed E-state index contributed by atoms with van der Waals surface area (Å²) in [6.45, 7) is 8.28. The number of hydrogen-bond donors (Lipinski definition) is 1. The molecule has 23 heavy (non-hydrogen) atoms. The Balaban J connectivity index is 1.71. The van der Waals surface area contributed by atoms with Gasteiger partial charge >= 0.3 is 6.03 Å². The van der Waals surface area contributed by atoms with E-state index in [4.69, 9.17) is 4.74 Å². The second-order valence-corrected chi connectivity index (χ2v) is 6.70. The summed E-state index contributed by atoms with van der Waals surface area (Å²) >= 11 is 0. The van der Waals surface area contributed by atoms with Crippen LogP contribution in [0.15, 0.2) is 18.2 Å². The number of carbonyl (C=O) groups is 1. The third kappa shape index (κ3) is 4.61. The Morgan fingerprint density at radius 3 is 2.52 bits per heavy atom. The van der Waals surface area contributed by atoms with Crippen LogP contribution in [0.25, 0.3) is 0 Å². The van der Waals surface area contributed by atoms with Gasteiger partial charge in [-0.3, -0.25) is 0 Å². The number of nitrogens with zero attached hydrogens (tertiary/aromatic N) is 2. The average molecular weight is 319 g/mol. The highest BCUT2D eigenvalue weighted by molar-refractivity contribution is 5.75. The van der Waals surface area contributed by atoms with Gasteiger partial charge < -0.3 is 19.9 Å². The SMILES string of the molecule is Cc1cccc(C)c1OC1CN(C(=O)NCCC(C)N(C)C)C1. The third-order valence-electron chi connectivity index (χ3n) is 4.55. The molecule has 0 saturated carbocycles. The number of hydrogen-bond acceptors (Lipinski definition) is 3. The molecule has 1 aromatic carbocycles. The monoisotopic (exact) mass is 319 g/mol. The van der Waals surface area contributed by atoms with Crippen LogP contribution in [-0.2, 0) is 0 Å². The molecule has 1 N–H and O–H groups in total. The Kier molecular flexibility index (Phi) is 5.88. The van der Waals surface area contributed by atoms with E-state index in [1.807, 2.05) is 6.07 Å². The van der Waals surface area contributed by atoms with Crippen LogP contribution < -0.4 is 10.1 Å². The summed E-state index contributed by atoms with van der Waals surface area (Å²) in [6.07, 6.45) is 1.05. The number of benzene rings is 1. The van der Waals surface area contributed by atoms with E-state index >= 15 is 0 Å². The van der Waals surface area contributed by atoms with Crippen molar-refractivity contribution in [2.75, 3.05) is 33.7 Å². The molecule has 1 aliphatic heterocycles. The number of para-hydroxylation sites is 1. The molecule has 0 aromatic heterocycles. The van der Waals surface area contributed by atoms with Crippen molar-refractivity contribution in [2.45, 2.75) is 39.3 Å². The minimum atomic E-state index is 0.0114. The largest absolute Gasteiger partial charge is 0.486 e. The van der Waals surface area contributed by atoms with Gasteiger partial charge in [-0.15, -0.1) is 0 Å². The molecule has 0 aliphatic carbocycles. The lowest BCUT2D eigenvalue weighted by Crippen LogP contribution is -2.59. The van der Waals surface area contributed by atoms with Crippen molar-refractivity contribution in [3.8, 4) is 5.75 Å². The van der Waals surface area contributed by atoms with Crippen LogP contribution in [0.1, 0.15) is 24.5 Å². The number of likely N-dealkylation sites (tertiary alicyclic amines) is 1. The summed E-state index contributed by atoms with van der Waals surface area (Å²) < 4.78 is 6.04. The number of aryl methyl sites for hydroxylation is 2. The van der Waals surface area contributed by atoms with E-state index in [-0.39, 0.29) is 12.1 Å². The Morgan fingerprint density at radius 2 is 1.96 bits per heavy atom. The summed E-state index contributed by atoms with van der Waals surface area (Å²) in [6, 6.07) is 6.62. The molecule has 2 amide bonds. The number of urea groups is 1. The van der Waals surface area contributed by atoms with Gasteiger partial charge in [-0.1, -0.05) is 18.2 Å². The first kappa shape index (κ1) is 17.6. The molecule has 0 spiro atoms. The van der Waals surface area contributed by atoms with Crippen molar-refractivity contribution in [3.05, 3.63) is 29.3 Å². The summed E-state index contributed by atoms with van der Waals surface area (Å²) in [7, 11) is 4.11. The molecule has 5 heteroatoms. The fraction of sp³-hybridized carbons (Fsp3) is 0.611. The van der Waals surface area contributed by atoms with Crippen LogP contribution in [0, 0.1) is 13.8 Å². The predicted octanol–water partition coefficient (Wildman–Crippen LogP) is 2.42. The molecule has 1 unspecified atom stereocenters. The highest BCUT2D eigenvalue weighted by Crippen LogP contribution is 2.25. The lowest BCUT2D eigenvalue weighted by atomic mass is 10.1. The number of ether oxygens (including phenoxy) is 1. The van der Waals surface area contributed by atoms with Crippen LogP contribution in [0.2, 0.25) is 0 Å². The standard InChI is InChI=1S/C18H29N3O2/c1-13-7-6-8-14(2)17(13)23-16-11-21(12-16)18(22)19-10-9-15(3)20(4)5/h6-8,15-16H,9-12H2,1-5H3,(H,19,22). The van der Waals surface area contributed by atoms with Crippen molar-refractivity contribution < 1.29 is 9.53 Å². The van der Waals surface area contributed by atoms with Crippen molar-refractivity contribution in [2.24, 2.45) is 0 Å². The number of rotatable bonds is 6. The molecule has 128 valence electrons. The Bertz CT molecular complexity index is 519. The van der Waals surface area contributed by atoms with E-state index < -0.39 is 0 Å². The molecule has 2 rings (SSSR count). The van der Waals surface area contributed by atoms with Crippen LogP contribution >= 0.6 is 0 Å². The van der Waals surface area contributed by atoms with Gasteiger partial charge in [0.1, 0.15) is 11.9 Å². The first-order chi connectivity index (χ1) is 10.9. The van der Waals surface area contributed by atoms with Crippen molar-refractivity contribution in [3.63, 3.8) is 0 Å². The van der Waals surface area contributed by atoms with Gasteiger partial charge in [0.15, 0.2) is 0 Å². The Morgan fingerprint density at radius 1 is 1.35 bits per heavy atom. The fourth-order valence-corrected chi connectivity index (χ4v) is 2.59. The van der Waals surface area contributed by atoms with Crippen LogP contribution in [0.3, 0.4) is 0 Å². The molecule has 1 fully saturated rings. The number of carbonyl (C=O) groups excluding carboxylic acids is 1. The minimum Gasteiger partial charge on any atom is -0.486 e. The average Bonchev–Trinajstić information content (AvgIpc) is 2.44. The van der Waals surface area contributed by atoms with Gasteiger partial charge in [-0.2, -0.15) is 0 Å². The molecule has 1 atom stereocenters. The van der Waals surface area contributed by atoms with E-state index in [1.165, 1.54) is 0 Å². The second-order valence-electron chi connectivity index (χ2n) is 6.70. The smallest absolute Gasteiger partial charge is 0.317 e. The van der Waals surface area contributed by atoms with Crippen molar-refractivity contribution in [1.29, 1.82) is 0 Å². The van der Waals surface area contributed by atoms with Gasteiger partial charge in [0.2, 0.25) is 0 Å². The zero-order valence-corrected chi connectivity index (χ0v) is 14.9. The first-order valence-corrected chi connectivity index (χ1v) is 8.30. The Hall–Kier alpha value is -1.75. The van der Waals surface area contributed by atoms with Gasteiger partial charge in [-0.05, 0) is 52.4 Å². The van der Waals surface area contributed by atoms with Gasteiger partial charge in [0.25, 0.3) is 0 Å². The normalized spacial score (nSPS) is 16.2. The van der Waals surface area contributed by atoms with Crippen molar-refractivity contribution in [1.82, 2.24) is 15.1 Å². The maximum Gasteiger partial charge on any atom is 0.317 e. The highest BCUT2D eigenvalue weighted by atomic mass is 16.5. The summed E-state index contributed by atoms with van der Waals surface area (Å²) in [4.78, 5) is 16.0. The van der Waals surface area contributed by atoms with E-state index in [9.17, 15) is 4.79 Å². The van der Waals surface area contributed by atoms with Gasteiger partial charge in [0, 0.05) is 12.6 Å². The maximum absolute atomic E-state index is 12.1. The molecule has 1 heterocycles. The van der Waals surface area contributed by atoms with E-state index in [0.717, 1.165) is 23.3 Å². The minimum absolute atomic E-state index is 0.0114. The molecule has 0 radical (unpaired) electrons. The molecular weight excluding hydrogens is 290 g/mol. The molecule has 1 saturated heterocycles. The van der Waals surface area contributed by atoms with Crippen LogP contribution in [0.4, 0.5) is 4.79 Å². The zero-order chi connectivity index (χ0) is 17.0. The molecule has 0 bridgehead atoms. The molecule has 5 nitrogen and oxygen atoms in total. The molecule has 1 aliphatic rings. The van der Waals surface area contributed by atoms with Crippen LogP contribution in [0.5, 0.6) is 5.75 Å². The highest BCUT2D eigenvalue weighted by Gasteiger charge is 2.32. The summed E-state index contributed by atoms with van der Waals surface area (Å²) in [5.41, 5.74) is 2.29. The number of nitrogens with one attached hydrogen (secondary N) is 1. The van der Waals surface area contributed by atoms with Gasteiger partial charge in [0.05, 0.1) is 13.1 Å². The predicted molar refractivity (Wildman–Crippen MR) is 93.1 cm³/mol. The summed E-state index contributed by atoms with van der Waals surface area (Å²) in [5.74, 6) is 0.956. The van der Waals surface area contributed by atoms with Gasteiger partial charge in [-0.25, -0.2) is 4.79 Å². The van der Waals surface area contributed by atoms with Crippen LogP contribution in [-0.4, -0.2) is 61.7 Å². The molecule has 1 aromatic rings.